The summed E-state index contributed by atoms with van der Waals surface area (Å²) in [5.74, 6) is 6.18. The molecule has 0 radical (unpaired) electrons. The van der Waals surface area contributed by atoms with E-state index in [9.17, 15) is 19.5 Å². The monoisotopic (exact) mass is 539 g/mol. The van der Waals surface area contributed by atoms with Gasteiger partial charge in [0.05, 0.1) is 10.6 Å². The molecular formula is C29H37N3O5S. The lowest BCUT2D eigenvalue weighted by Gasteiger charge is -2.39. The fourth-order valence-corrected chi connectivity index (χ4v) is 6.05. The molecule has 0 spiro atoms. The number of nitrogens with zero attached hydrogens (tertiary/aromatic N) is 2. The minimum Gasteiger partial charge on any atom is -0.477 e. The molecule has 0 atom stereocenters. The van der Waals surface area contributed by atoms with E-state index in [1.54, 1.807) is 17.0 Å². The predicted octanol–water partition coefficient (Wildman–Crippen LogP) is 5.48. The molecule has 0 aromatic carbocycles. The lowest BCUT2D eigenvalue weighted by Crippen LogP contribution is -2.47. The van der Waals surface area contributed by atoms with Crippen molar-refractivity contribution in [2.24, 2.45) is 17.3 Å². The second kappa shape index (κ2) is 11.7. The molecule has 38 heavy (non-hydrogen) atoms. The number of ether oxygens (including phenoxy) is 1. The molecule has 2 aromatic rings. The Balaban J connectivity index is 1.60. The van der Waals surface area contributed by atoms with Gasteiger partial charge in [-0.25, -0.2) is 9.89 Å². The Kier molecular flexibility index (Phi) is 8.61. The minimum absolute atomic E-state index is 0.0270. The summed E-state index contributed by atoms with van der Waals surface area (Å²) in [5, 5.41) is 16.4. The Morgan fingerprint density at radius 2 is 1.79 bits per heavy atom. The first kappa shape index (κ1) is 27.9. The van der Waals surface area contributed by atoms with Gasteiger partial charge in [-0.15, -0.1) is 16.4 Å². The van der Waals surface area contributed by atoms with Crippen LogP contribution < -0.4 is 15.2 Å². The number of aromatic amines is 1. The van der Waals surface area contributed by atoms with Crippen molar-refractivity contribution >= 4 is 28.9 Å². The highest BCUT2D eigenvalue weighted by Crippen LogP contribution is 2.39. The molecule has 4 rings (SSSR count). The van der Waals surface area contributed by atoms with Crippen LogP contribution in [-0.4, -0.2) is 39.3 Å². The molecule has 2 fully saturated rings. The van der Waals surface area contributed by atoms with Gasteiger partial charge in [0.15, 0.2) is 0 Å². The molecule has 2 aromatic heterocycles. The van der Waals surface area contributed by atoms with Crippen molar-refractivity contribution in [3.63, 3.8) is 0 Å². The molecule has 2 saturated carbocycles. The van der Waals surface area contributed by atoms with E-state index in [4.69, 9.17) is 4.74 Å². The van der Waals surface area contributed by atoms with E-state index in [0.29, 0.717) is 48.0 Å². The highest BCUT2D eigenvalue weighted by atomic mass is 32.1. The maximum atomic E-state index is 14.0. The third-order valence-electron chi connectivity index (χ3n) is 7.28. The zero-order valence-electron chi connectivity index (χ0n) is 22.6. The fraction of sp³-hybridized carbons (Fsp3) is 0.586. The van der Waals surface area contributed by atoms with Gasteiger partial charge in [-0.2, -0.15) is 0 Å². The summed E-state index contributed by atoms with van der Waals surface area (Å²) in [5.41, 5.74) is -0.0409. The molecule has 0 saturated heterocycles. The molecule has 2 aliphatic rings. The Hall–Kier alpha value is -3.12. The summed E-state index contributed by atoms with van der Waals surface area (Å²) in [4.78, 5) is 40.2. The average Bonchev–Trinajstić information content (AvgIpc) is 3.30. The standard InChI is InChI=1S/C29H37N3O5S/c1-18-5-7-19(8-6-18)27(34)32(23-17-22(15-16-29(2,3)4)38-26(23)28(35)36)20-9-11-21(12-10-20)37-25-14-13-24(33)30-31-25/h13-14,17-21H,5-12H2,1-4H3,(H,30,33)(H,35,36)/t18?,19?,20-,21-. The van der Waals surface area contributed by atoms with Gasteiger partial charge in [0, 0.05) is 29.5 Å². The number of hydrogen-bond acceptors (Lipinski definition) is 6. The summed E-state index contributed by atoms with van der Waals surface area (Å²) in [6.07, 6.45) is 6.34. The first-order valence-corrected chi connectivity index (χ1v) is 14.3. The van der Waals surface area contributed by atoms with Gasteiger partial charge < -0.3 is 14.7 Å². The Morgan fingerprint density at radius 3 is 2.37 bits per heavy atom. The first-order chi connectivity index (χ1) is 18.0. The number of hydrogen-bond donors (Lipinski definition) is 2. The van der Waals surface area contributed by atoms with Gasteiger partial charge in [0.25, 0.3) is 5.56 Å². The number of carbonyl (C=O) groups excluding carboxylic acids is 1. The maximum Gasteiger partial charge on any atom is 0.348 e. The van der Waals surface area contributed by atoms with Crippen molar-refractivity contribution in [1.82, 2.24) is 10.2 Å². The van der Waals surface area contributed by atoms with Crippen LogP contribution in [0.3, 0.4) is 0 Å². The number of rotatable bonds is 6. The molecule has 204 valence electrons. The summed E-state index contributed by atoms with van der Waals surface area (Å²) in [6, 6.07) is 4.60. The van der Waals surface area contributed by atoms with Crippen molar-refractivity contribution in [3.05, 3.63) is 38.3 Å². The van der Waals surface area contributed by atoms with Crippen LogP contribution in [0.25, 0.3) is 0 Å². The second-order valence-corrected chi connectivity index (χ2v) is 12.7. The average molecular weight is 540 g/mol. The molecule has 9 heteroatoms. The second-order valence-electron chi connectivity index (χ2n) is 11.6. The van der Waals surface area contributed by atoms with Gasteiger partial charge in [0.2, 0.25) is 11.8 Å². The first-order valence-electron chi connectivity index (χ1n) is 13.5. The Bertz CT molecular complexity index is 1250. The van der Waals surface area contributed by atoms with Crippen molar-refractivity contribution in [2.45, 2.75) is 91.2 Å². The van der Waals surface area contributed by atoms with E-state index in [1.807, 2.05) is 20.8 Å². The molecule has 1 amide bonds. The van der Waals surface area contributed by atoms with Crippen LogP contribution in [0.15, 0.2) is 23.0 Å². The third kappa shape index (κ3) is 7.04. The minimum atomic E-state index is -1.04. The topological polar surface area (TPSA) is 113 Å². The number of thiophene rings is 1. The van der Waals surface area contributed by atoms with Crippen molar-refractivity contribution < 1.29 is 19.4 Å². The summed E-state index contributed by atoms with van der Waals surface area (Å²) in [6.45, 7) is 8.25. The predicted molar refractivity (Wildman–Crippen MR) is 148 cm³/mol. The zero-order valence-corrected chi connectivity index (χ0v) is 23.4. The number of carboxylic acid groups (broad SMARTS) is 1. The molecular weight excluding hydrogens is 502 g/mol. The van der Waals surface area contributed by atoms with Crippen LogP contribution in [0.2, 0.25) is 0 Å². The van der Waals surface area contributed by atoms with Gasteiger partial charge in [0.1, 0.15) is 11.0 Å². The summed E-state index contributed by atoms with van der Waals surface area (Å²) >= 11 is 1.14. The Labute approximate surface area is 227 Å². The van der Waals surface area contributed by atoms with Crippen LogP contribution >= 0.6 is 11.3 Å². The highest BCUT2D eigenvalue weighted by molar-refractivity contribution is 7.15. The quantitative estimate of drug-likeness (QED) is 0.470. The van der Waals surface area contributed by atoms with Crippen LogP contribution in [0, 0.1) is 29.1 Å². The molecule has 2 aliphatic carbocycles. The molecule has 2 heterocycles. The maximum absolute atomic E-state index is 14.0. The lowest BCUT2D eigenvalue weighted by molar-refractivity contribution is -0.124. The Morgan fingerprint density at radius 1 is 1.11 bits per heavy atom. The molecule has 0 unspecified atom stereocenters. The third-order valence-corrected chi connectivity index (χ3v) is 8.31. The van der Waals surface area contributed by atoms with Crippen LogP contribution in [0.5, 0.6) is 5.88 Å². The van der Waals surface area contributed by atoms with Crippen LogP contribution in [0.4, 0.5) is 5.69 Å². The van der Waals surface area contributed by atoms with E-state index in [0.717, 1.165) is 37.0 Å². The number of aromatic nitrogens is 2. The molecule has 8 nitrogen and oxygen atoms in total. The molecule has 2 N–H and O–H groups in total. The number of aromatic carboxylic acids is 1. The number of anilines is 1. The highest BCUT2D eigenvalue weighted by Gasteiger charge is 2.37. The van der Waals surface area contributed by atoms with E-state index in [2.05, 4.69) is 29.0 Å². The van der Waals surface area contributed by atoms with Crippen molar-refractivity contribution in [2.75, 3.05) is 4.90 Å². The number of carbonyl (C=O) groups is 2. The fourth-order valence-electron chi connectivity index (χ4n) is 5.21. The lowest BCUT2D eigenvalue weighted by atomic mass is 9.81. The van der Waals surface area contributed by atoms with E-state index >= 15 is 0 Å². The number of carboxylic acids is 1. The van der Waals surface area contributed by atoms with Crippen molar-refractivity contribution in [1.29, 1.82) is 0 Å². The van der Waals surface area contributed by atoms with Gasteiger partial charge in [-0.05, 0) is 84.1 Å². The molecule has 0 bridgehead atoms. The van der Waals surface area contributed by atoms with Gasteiger partial charge in [-0.1, -0.05) is 18.8 Å². The SMILES string of the molecule is CC1CCC(C(=O)N(c2cc(C#CC(C)(C)C)sc2C(=O)O)[C@H]2CC[C@H](Oc3ccc(=O)[nH]n3)CC2)CC1. The summed E-state index contributed by atoms with van der Waals surface area (Å²) in [7, 11) is 0. The van der Waals surface area contributed by atoms with Gasteiger partial charge >= 0.3 is 5.97 Å². The zero-order chi connectivity index (χ0) is 27.4. The van der Waals surface area contributed by atoms with Crippen LogP contribution in [0.1, 0.15) is 93.6 Å². The molecule has 0 aliphatic heterocycles. The number of H-pyrrole nitrogens is 1. The van der Waals surface area contributed by atoms with Gasteiger partial charge in [-0.3, -0.25) is 9.59 Å². The van der Waals surface area contributed by atoms with E-state index < -0.39 is 5.97 Å². The van der Waals surface area contributed by atoms with Crippen molar-refractivity contribution in [3.8, 4) is 17.7 Å². The normalized spacial score (nSPS) is 23.7. The smallest absolute Gasteiger partial charge is 0.348 e. The largest absolute Gasteiger partial charge is 0.477 e. The van der Waals surface area contributed by atoms with E-state index in [1.165, 1.54) is 6.07 Å². The van der Waals surface area contributed by atoms with Crippen LogP contribution in [-0.2, 0) is 4.79 Å². The number of amides is 1. The summed E-state index contributed by atoms with van der Waals surface area (Å²) < 4.78 is 5.97. The number of nitrogens with one attached hydrogen (secondary N) is 1. The van der Waals surface area contributed by atoms with E-state index in [-0.39, 0.29) is 39.8 Å².